The van der Waals surface area contributed by atoms with E-state index in [2.05, 4.69) is 26.3 Å². The Hall–Kier alpha value is -4.95. The molecule has 3 heterocycles. The molecule has 0 radical (unpaired) electrons. The van der Waals surface area contributed by atoms with Gasteiger partial charge in [-0.3, -0.25) is 9.52 Å². The fourth-order valence-corrected chi connectivity index (χ4v) is 6.95. The fourth-order valence-electron chi connectivity index (χ4n) is 5.75. The second-order valence-electron chi connectivity index (χ2n) is 12.2. The number of hydrogen-bond donors (Lipinski definition) is 2. The number of benzene rings is 3. The molecule has 3 aromatic carbocycles. The summed E-state index contributed by atoms with van der Waals surface area (Å²) in [6.45, 7) is 3.08. The van der Waals surface area contributed by atoms with Gasteiger partial charge in [-0.1, -0.05) is 54.6 Å². The number of nitrogens with zero attached hydrogens (tertiary/aromatic N) is 3. The molecule has 2 aliphatic heterocycles. The number of ether oxygens (including phenoxy) is 2. The number of anilines is 1. The zero-order valence-corrected chi connectivity index (χ0v) is 27.8. The van der Waals surface area contributed by atoms with Crippen LogP contribution in [0.5, 0.6) is 17.4 Å². The summed E-state index contributed by atoms with van der Waals surface area (Å²) in [6.07, 6.45) is 0.806. The topological polar surface area (TPSA) is 123 Å². The fraction of sp³-hybridized carbons (Fsp3) is 0.306. The first-order valence-corrected chi connectivity index (χ1v) is 17.8. The Morgan fingerprint density at radius 3 is 2.34 bits per heavy atom. The van der Waals surface area contributed by atoms with Gasteiger partial charge in [0.2, 0.25) is 15.9 Å². The summed E-state index contributed by atoms with van der Waals surface area (Å²) in [5.41, 5.74) is 1.12. The average molecular weight is 708 g/mol. The highest BCUT2D eigenvalue weighted by Crippen LogP contribution is 2.33. The predicted octanol–water partition coefficient (Wildman–Crippen LogP) is 6.40. The maximum absolute atomic E-state index is 13.6. The zero-order valence-electron chi connectivity index (χ0n) is 27.0. The Kier molecular flexibility index (Phi) is 10.7. The maximum atomic E-state index is 13.6. The Bertz CT molecular complexity index is 1900. The van der Waals surface area contributed by atoms with E-state index in [-0.39, 0.29) is 35.8 Å². The number of likely N-dealkylation sites (tertiary alicyclic amines) is 1. The highest BCUT2D eigenvalue weighted by Gasteiger charge is 2.33. The first kappa shape index (κ1) is 34.9. The summed E-state index contributed by atoms with van der Waals surface area (Å²) < 4.78 is 78.7. The van der Waals surface area contributed by atoms with E-state index >= 15 is 0 Å². The van der Waals surface area contributed by atoms with Crippen LogP contribution in [-0.4, -0.2) is 62.2 Å². The van der Waals surface area contributed by atoms with Crippen molar-refractivity contribution in [2.75, 3.05) is 37.5 Å². The van der Waals surface area contributed by atoms with Crippen LogP contribution in [0.2, 0.25) is 0 Å². The molecule has 1 amide bonds. The number of alkyl halides is 3. The molecule has 2 N–H and O–H groups in total. The lowest BCUT2D eigenvalue weighted by Crippen LogP contribution is -2.40. The molecule has 1 aromatic heterocycles. The van der Waals surface area contributed by atoms with Gasteiger partial charge in [0.25, 0.3) is 5.91 Å². The minimum Gasteiger partial charge on any atom is -0.487 e. The minimum atomic E-state index is -4.58. The number of amides is 1. The number of aromatic nitrogens is 2. The van der Waals surface area contributed by atoms with Crippen molar-refractivity contribution in [1.29, 1.82) is 0 Å². The lowest BCUT2D eigenvalue weighted by atomic mass is 9.89. The van der Waals surface area contributed by atoms with E-state index in [1.807, 2.05) is 24.3 Å². The highest BCUT2D eigenvalue weighted by atomic mass is 32.2. The lowest BCUT2D eigenvalue weighted by molar-refractivity contribution is -0.141. The van der Waals surface area contributed by atoms with Crippen molar-refractivity contribution >= 4 is 21.6 Å². The van der Waals surface area contributed by atoms with Crippen LogP contribution in [0.15, 0.2) is 97.1 Å². The summed E-state index contributed by atoms with van der Waals surface area (Å²) >= 11 is 0. The second kappa shape index (κ2) is 15.3. The van der Waals surface area contributed by atoms with Crippen molar-refractivity contribution in [2.45, 2.75) is 30.7 Å². The number of carbonyl (C=O) groups excluding carboxylic acids is 1. The van der Waals surface area contributed by atoms with Crippen LogP contribution >= 0.6 is 0 Å². The molecule has 14 heteroatoms. The number of nitrogens with one attached hydrogen (secondary N) is 2. The molecule has 0 aliphatic carbocycles. The quantitative estimate of drug-likeness (QED) is 0.162. The van der Waals surface area contributed by atoms with Crippen LogP contribution in [-0.2, 0) is 22.0 Å². The monoisotopic (exact) mass is 707 g/mol. The summed E-state index contributed by atoms with van der Waals surface area (Å²) in [5, 5.41) is 9.88. The van der Waals surface area contributed by atoms with E-state index in [4.69, 9.17) is 9.47 Å². The Labute approximate surface area is 288 Å². The van der Waals surface area contributed by atoms with Crippen LogP contribution < -0.4 is 19.5 Å². The van der Waals surface area contributed by atoms with Crippen LogP contribution in [0.1, 0.15) is 45.9 Å². The molecular weight excluding hydrogens is 671 g/mol. The van der Waals surface area contributed by atoms with Crippen LogP contribution in [0.4, 0.5) is 18.9 Å². The summed E-state index contributed by atoms with van der Waals surface area (Å²) in [5.74, 6) is 0.870. The zero-order chi connectivity index (χ0) is 35.1. The van der Waals surface area contributed by atoms with Crippen molar-refractivity contribution < 1.29 is 35.9 Å². The van der Waals surface area contributed by atoms with E-state index in [1.165, 1.54) is 6.07 Å². The number of piperidine rings is 1. The number of carbonyl (C=O) groups is 1. The summed E-state index contributed by atoms with van der Waals surface area (Å²) in [4.78, 5) is 15.4. The van der Waals surface area contributed by atoms with E-state index in [0.717, 1.165) is 30.8 Å². The van der Waals surface area contributed by atoms with Gasteiger partial charge in [0.05, 0.1) is 11.4 Å². The van der Waals surface area contributed by atoms with Gasteiger partial charge >= 0.3 is 6.18 Å². The molecule has 0 saturated carbocycles. The van der Waals surface area contributed by atoms with Crippen molar-refractivity contribution in [2.24, 2.45) is 5.92 Å². The van der Waals surface area contributed by atoms with Crippen LogP contribution in [0.3, 0.4) is 0 Å². The van der Waals surface area contributed by atoms with E-state index < -0.39 is 21.9 Å². The molecule has 50 heavy (non-hydrogen) atoms. The van der Waals surface area contributed by atoms with Crippen LogP contribution in [0.25, 0.3) is 0 Å². The molecule has 2 aliphatic rings. The van der Waals surface area contributed by atoms with Gasteiger partial charge in [-0.15, -0.1) is 10.2 Å². The smallest absolute Gasteiger partial charge is 0.435 e. The van der Waals surface area contributed by atoms with Gasteiger partial charge < -0.3 is 19.7 Å². The van der Waals surface area contributed by atoms with Crippen molar-refractivity contribution in [1.82, 2.24) is 20.4 Å². The molecule has 0 atom stereocenters. The van der Waals surface area contributed by atoms with Gasteiger partial charge in [-0.05, 0) is 66.3 Å². The van der Waals surface area contributed by atoms with Crippen molar-refractivity contribution in [3.05, 3.63) is 119 Å². The molecule has 10 nitrogen and oxygen atoms in total. The Morgan fingerprint density at radius 1 is 0.960 bits per heavy atom. The maximum Gasteiger partial charge on any atom is 0.435 e. The Morgan fingerprint density at radius 2 is 1.70 bits per heavy atom. The van der Waals surface area contributed by atoms with E-state index in [1.54, 1.807) is 53.4 Å². The highest BCUT2D eigenvalue weighted by molar-refractivity contribution is 7.91. The number of halogens is 3. The van der Waals surface area contributed by atoms with Crippen molar-refractivity contribution in [3.8, 4) is 17.4 Å². The standard InChI is InChI=1S/C36H36F3N5O5S/c37-36(38,39)33-14-15-34(42-41-33)49-30-11-8-27(9-12-30)28-16-18-44(19-17-28)35(45)29-10-13-32(48-20-4-7-26-22-40-23-26)31(21-29)43-50(46,47)24-25-5-2-1-3-6-25/h1-15,21,26,28,40,43H,16-20,22-24H2/b7-4+. The molecule has 0 spiro atoms. The molecular formula is C36H36F3N5O5S. The molecule has 262 valence electrons. The first-order valence-electron chi connectivity index (χ1n) is 16.2. The largest absolute Gasteiger partial charge is 0.487 e. The SMILES string of the molecule is O=C(c1ccc(OC/C=C/C2CNC2)c(NS(=O)(=O)Cc2ccccc2)c1)N1CCC(c2ccc(Oc3ccc(C(F)(F)F)nn3)cc2)CC1. The van der Waals surface area contributed by atoms with Gasteiger partial charge in [-0.25, -0.2) is 8.42 Å². The van der Waals surface area contributed by atoms with Gasteiger partial charge in [0, 0.05) is 43.7 Å². The van der Waals surface area contributed by atoms with E-state index in [0.29, 0.717) is 54.5 Å². The van der Waals surface area contributed by atoms with E-state index in [9.17, 15) is 26.4 Å². The van der Waals surface area contributed by atoms with Gasteiger partial charge in [-0.2, -0.15) is 13.2 Å². The molecule has 0 bridgehead atoms. The summed E-state index contributed by atoms with van der Waals surface area (Å²) in [7, 11) is -3.82. The number of sulfonamides is 1. The molecule has 2 saturated heterocycles. The van der Waals surface area contributed by atoms with Crippen molar-refractivity contribution in [3.63, 3.8) is 0 Å². The molecule has 4 aromatic rings. The third kappa shape index (κ3) is 9.18. The Balaban J connectivity index is 1.08. The molecule has 2 fully saturated rings. The number of hydrogen-bond acceptors (Lipinski definition) is 8. The molecule has 0 unspecified atom stereocenters. The van der Waals surface area contributed by atoms with Gasteiger partial charge in [0.1, 0.15) is 18.1 Å². The number of rotatable bonds is 12. The molecule has 6 rings (SSSR count). The average Bonchev–Trinajstić information content (AvgIpc) is 3.08. The predicted molar refractivity (Wildman–Crippen MR) is 182 cm³/mol. The normalized spacial score (nSPS) is 15.9. The second-order valence-corrected chi connectivity index (χ2v) is 13.9. The third-order valence-corrected chi connectivity index (χ3v) is 9.78. The van der Waals surface area contributed by atoms with Crippen LogP contribution in [0, 0.1) is 5.92 Å². The summed E-state index contributed by atoms with van der Waals surface area (Å²) in [6, 6.07) is 22.8. The minimum absolute atomic E-state index is 0.0529. The first-order chi connectivity index (χ1) is 24.0. The van der Waals surface area contributed by atoms with Gasteiger partial charge in [0.15, 0.2) is 5.69 Å². The lowest BCUT2D eigenvalue weighted by Gasteiger charge is -2.32. The third-order valence-electron chi connectivity index (χ3n) is 8.53.